The van der Waals surface area contributed by atoms with Crippen molar-refractivity contribution < 1.29 is 19.5 Å². The fraction of sp³-hybridized carbons (Fsp3) is 0.348. The Bertz CT molecular complexity index is 819. The number of aliphatic carboxylic acids is 1. The van der Waals surface area contributed by atoms with Gasteiger partial charge < -0.3 is 15.7 Å². The zero-order chi connectivity index (χ0) is 21.3. The minimum atomic E-state index is -0.729. The van der Waals surface area contributed by atoms with E-state index in [4.69, 9.17) is 5.11 Å². The normalized spacial score (nSPS) is 21.6. The molecule has 2 heterocycles. The molecule has 0 bridgehead atoms. The first kappa shape index (κ1) is 21.9. The number of carbonyl (C=O) groups is 3. The minimum Gasteiger partial charge on any atom is -0.481 e. The van der Waals surface area contributed by atoms with E-state index in [1.807, 2.05) is 72.4 Å². The number of benzene rings is 2. The van der Waals surface area contributed by atoms with Crippen LogP contribution < -0.4 is 10.6 Å². The lowest BCUT2D eigenvalue weighted by atomic mass is 10.0. The van der Waals surface area contributed by atoms with Gasteiger partial charge in [-0.15, -0.1) is 0 Å². The Morgan fingerprint density at radius 1 is 0.933 bits per heavy atom. The lowest BCUT2D eigenvalue weighted by Gasteiger charge is -2.16. The average molecular weight is 427 g/mol. The van der Waals surface area contributed by atoms with Crippen molar-refractivity contribution >= 4 is 29.5 Å². The highest BCUT2D eigenvalue weighted by Gasteiger charge is 2.42. The van der Waals surface area contributed by atoms with Crippen LogP contribution in [0.2, 0.25) is 0 Å². The Morgan fingerprint density at radius 2 is 1.53 bits per heavy atom. The fourth-order valence-electron chi connectivity index (χ4n) is 3.61. The smallest absolute Gasteiger partial charge is 0.315 e. The lowest BCUT2D eigenvalue weighted by Crippen LogP contribution is -2.36. The van der Waals surface area contributed by atoms with E-state index in [-0.39, 0.29) is 30.3 Å². The number of rotatable bonds is 7. The number of urea groups is 1. The topological polar surface area (TPSA) is 95.5 Å². The molecule has 0 saturated carbocycles. The number of carboxylic acid groups (broad SMARTS) is 1. The van der Waals surface area contributed by atoms with Crippen LogP contribution >= 0.6 is 11.8 Å². The van der Waals surface area contributed by atoms with E-state index in [1.165, 1.54) is 0 Å². The summed E-state index contributed by atoms with van der Waals surface area (Å²) in [5, 5.41) is 14.8. The van der Waals surface area contributed by atoms with Crippen LogP contribution in [-0.4, -0.2) is 46.0 Å². The Hall–Kier alpha value is -2.80. The average Bonchev–Trinajstić information content (AvgIpc) is 3.31. The largest absolute Gasteiger partial charge is 0.481 e. The van der Waals surface area contributed by atoms with Gasteiger partial charge in [0.1, 0.15) is 0 Å². The van der Waals surface area contributed by atoms with Gasteiger partial charge in [-0.05, 0) is 12.8 Å². The predicted octanol–water partition coefficient (Wildman–Crippen LogP) is 3.71. The van der Waals surface area contributed by atoms with E-state index < -0.39 is 5.97 Å². The molecule has 7 heteroatoms. The molecule has 2 fully saturated rings. The molecule has 30 heavy (non-hydrogen) atoms. The zero-order valence-corrected chi connectivity index (χ0v) is 17.4. The number of unbranched alkanes of at least 4 members (excludes halogenated alkanes) is 1. The van der Waals surface area contributed by atoms with Gasteiger partial charge in [-0.3, -0.25) is 9.59 Å². The lowest BCUT2D eigenvalue weighted by molar-refractivity contribution is -0.137. The highest BCUT2D eigenvalue weighted by Crippen LogP contribution is 2.33. The molecule has 4 rings (SSSR count). The van der Waals surface area contributed by atoms with Gasteiger partial charge >= 0.3 is 12.0 Å². The van der Waals surface area contributed by atoms with Crippen molar-refractivity contribution in [3.05, 3.63) is 71.8 Å². The first-order chi connectivity index (χ1) is 14.5. The summed E-state index contributed by atoms with van der Waals surface area (Å²) in [6.45, 7) is 0. The second-order valence-corrected chi connectivity index (χ2v) is 8.59. The van der Waals surface area contributed by atoms with E-state index >= 15 is 0 Å². The molecule has 2 amide bonds. The number of fused-ring (bicyclic) bond motifs is 1. The van der Waals surface area contributed by atoms with Crippen LogP contribution in [-0.2, 0) is 4.79 Å². The van der Waals surface area contributed by atoms with Crippen LogP contribution in [0.15, 0.2) is 60.7 Å². The number of hydrogen-bond acceptors (Lipinski definition) is 4. The van der Waals surface area contributed by atoms with Crippen molar-refractivity contribution in [3.8, 4) is 0 Å². The third kappa shape index (κ3) is 6.10. The number of thioether (sulfide) groups is 1. The number of nitrogens with one attached hydrogen (secondary N) is 2. The molecule has 6 nitrogen and oxygen atoms in total. The molecule has 2 aliphatic rings. The predicted molar refractivity (Wildman–Crippen MR) is 118 cm³/mol. The maximum absolute atomic E-state index is 11.8. The molecule has 0 spiro atoms. The van der Waals surface area contributed by atoms with Gasteiger partial charge in [0, 0.05) is 28.6 Å². The molecule has 0 aliphatic carbocycles. The van der Waals surface area contributed by atoms with Gasteiger partial charge in [0.2, 0.25) is 0 Å². The van der Waals surface area contributed by atoms with E-state index in [0.717, 1.165) is 36.1 Å². The Balaban J connectivity index is 0.000000172. The summed E-state index contributed by atoms with van der Waals surface area (Å²) in [6, 6.07) is 19.0. The standard InChI is InChI=1S/C13H10O.C10H16N2O3S/c14-13(11-7-3-1-4-8-11)12-9-5-2-6-10-12;13-8(14)4-2-1-3-7-9-6(5-16-7)11-10(15)12-9/h1-10H;6-7,9H,1-5H2,(H,13,14)(H2,11,12,15)/t;6-,7-,9-/m.0/s1. The van der Waals surface area contributed by atoms with Crippen LogP contribution in [0.1, 0.15) is 41.6 Å². The second kappa shape index (κ2) is 10.8. The molecule has 3 N–H and O–H groups in total. The summed E-state index contributed by atoms with van der Waals surface area (Å²) in [7, 11) is 0. The first-order valence-electron chi connectivity index (χ1n) is 10.1. The van der Waals surface area contributed by atoms with Gasteiger partial charge in [0.25, 0.3) is 0 Å². The molecular formula is C23H26N2O4S. The van der Waals surface area contributed by atoms with Gasteiger partial charge in [0.15, 0.2) is 5.78 Å². The van der Waals surface area contributed by atoms with Crippen molar-refractivity contribution in [3.63, 3.8) is 0 Å². The Labute approximate surface area is 180 Å². The number of carboxylic acids is 1. The van der Waals surface area contributed by atoms with Crippen LogP contribution in [0, 0.1) is 0 Å². The number of ketones is 1. The molecule has 3 atom stereocenters. The number of hydrogen-bond donors (Lipinski definition) is 3. The number of amides is 2. The summed E-state index contributed by atoms with van der Waals surface area (Å²) in [4.78, 5) is 33.3. The number of carbonyl (C=O) groups excluding carboxylic acids is 2. The van der Waals surface area contributed by atoms with Gasteiger partial charge in [-0.1, -0.05) is 67.1 Å². The van der Waals surface area contributed by atoms with E-state index in [1.54, 1.807) is 0 Å². The zero-order valence-electron chi connectivity index (χ0n) is 16.6. The molecule has 2 aliphatic heterocycles. The molecular weight excluding hydrogens is 400 g/mol. The minimum absolute atomic E-state index is 0.0640. The monoisotopic (exact) mass is 426 g/mol. The summed E-state index contributed by atoms with van der Waals surface area (Å²) in [6.07, 6.45) is 2.88. The van der Waals surface area contributed by atoms with Gasteiger partial charge in [-0.25, -0.2) is 4.79 Å². The maximum Gasteiger partial charge on any atom is 0.315 e. The Kier molecular flexibility index (Phi) is 7.90. The first-order valence-corrected chi connectivity index (χ1v) is 11.1. The van der Waals surface area contributed by atoms with Crippen LogP contribution in [0.25, 0.3) is 0 Å². The van der Waals surface area contributed by atoms with Crippen molar-refractivity contribution in [1.29, 1.82) is 0 Å². The van der Waals surface area contributed by atoms with Crippen molar-refractivity contribution in [2.75, 3.05) is 5.75 Å². The van der Waals surface area contributed by atoms with Crippen molar-refractivity contribution in [2.24, 2.45) is 0 Å². The van der Waals surface area contributed by atoms with Crippen LogP contribution in [0.4, 0.5) is 4.79 Å². The molecule has 0 radical (unpaired) electrons. The second-order valence-electron chi connectivity index (χ2n) is 7.32. The van der Waals surface area contributed by atoms with Crippen LogP contribution in [0.5, 0.6) is 0 Å². The SMILES string of the molecule is O=C(O)CCCC[C@@H]1SC[C@@H]2NC(=O)N[C@@H]21.O=C(c1ccccc1)c1ccccc1. The molecule has 0 aromatic heterocycles. The van der Waals surface area contributed by atoms with E-state index in [2.05, 4.69) is 10.6 Å². The van der Waals surface area contributed by atoms with E-state index in [0.29, 0.717) is 5.25 Å². The summed E-state index contributed by atoms with van der Waals surface area (Å²) in [5.74, 6) is 0.312. The fourth-order valence-corrected chi connectivity index (χ4v) is 5.15. The molecule has 0 unspecified atom stereocenters. The highest BCUT2D eigenvalue weighted by atomic mass is 32.2. The molecule has 2 aromatic carbocycles. The summed E-state index contributed by atoms with van der Waals surface area (Å²) < 4.78 is 0. The third-order valence-electron chi connectivity index (χ3n) is 5.14. The maximum atomic E-state index is 11.8. The van der Waals surface area contributed by atoms with Gasteiger partial charge in [0.05, 0.1) is 12.1 Å². The third-order valence-corrected chi connectivity index (χ3v) is 6.65. The van der Waals surface area contributed by atoms with Crippen molar-refractivity contribution in [1.82, 2.24) is 10.6 Å². The Morgan fingerprint density at radius 3 is 2.10 bits per heavy atom. The van der Waals surface area contributed by atoms with Crippen LogP contribution in [0.3, 0.4) is 0 Å². The summed E-state index contributed by atoms with van der Waals surface area (Å²) >= 11 is 1.87. The summed E-state index contributed by atoms with van der Waals surface area (Å²) in [5.41, 5.74) is 1.47. The molecule has 158 valence electrons. The van der Waals surface area contributed by atoms with Crippen molar-refractivity contribution in [2.45, 2.75) is 43.0 Å². The highest BCUT2D eigenvalue weighted by molar-refractivity contribution is 8.00. The molecule has 2 aromatic rings. The van der Waals surface area contributed by atoms with E-state index in [9.17, 15) is 14.4 Å². The quantitative estimate of drug-likeness (QED) is 0.356. The van der Waals surface area contributed by atoms with Gasteiger partial charge in [-0.2, -0.15) is 11.8 Å². The molecule has 2 saturated heterocycles.